The Morgan fingerprint density at radius 2 is 1.95 bits per heavy atom. The van der Waals surface area contributed by atoms with Gasteiger partial charge in [0.25, 0.3) is 0 Å². The summed E-state index contributed by atoms with van der Waals surface area (Å²) in [7, 11) is 0.528. The largest absolute Gasteiger partial charge is 0.309 e. The van der Waals surface area contributed by atoms with Gasteiger partial charge in [-0.15, -0.1) is 12.4 Å². The van der Waals surface area contributed by atoms with Gasteiger partial charge < -0.3 is 4.90 Å². The molecule has 0 aromatic rings. The van der Waals surface area contributed by atoms with Crippen LogP contribution >= 0.6 is 12.4 Å². The summed E-state index contributed by atoms with van der Waals surface area (Å²) in [5.74, 6) is 0.473. The molecule has 1 N–H and O–H groups in total. The van der Waals surface area contributed by atoms with Crippen LogP contribution in [0.25, 0.3) is 0 Å². The summed E-state index contributed by atoms with van der Waals surface area (Å²) < 4.78 is 27.4. The molecule has 2 rings (SSSR count). The molecule has 2 aliphatic rings. The van der Waals surface area contributed by atoms with Crippen molar-refractivity contribution < 1.29 is 13.2 Å². The maximum Gasteiger partial charge on any atom is 0.212 e. The summed E-state index contributed by atoms with van der Waals surface area (Å²) >= 11 is 0. The lowest BCUT2D eigenvalue weighted by Crippen LogP contribution is -2.45. The minimum absolute atomic E-state index is 0. The van der Waals surface area contributed by atoms with Crippen LogP contribution in [0, 0.1) is 16.7 Å². The van der Waals surface area contributed by atoms with Crippen molar-refractivity contribution in [3.05, 3.63) is 0 Å². The van der Waals surface area contributed by atoms with Crippen LogP contribution in [0.1, 0.15) is 39.5 Å². The van der Waals surface area contributed by atoms with Gasteiger partial charge in [-0.25, -0.2) is 13.1 Å². The molecule has 2 aliphatic carbocycles. The minimum Gasteiger partial charge on any atom is -0.309 e. The van der Waals surface area contributed by atoms with Crippen LogP contribution in [0.2, 0.25) is 0 Å². The molecule has 22 heavy (non-hydrogen) atoms. The Morgan fingerprint density at radius 1 is 1.32 bits per heavy atom. The predicted octanol–water partition coefficient (Wildman–Crippen LogP) is 1.67. The second-order valence-corrected chi connectivity index (χ2v) is 9.28. The molecule has 0 spiro atoms. The van der Waals surface area contributed by atoms with E-state index in [1.54, 1.807) is 0 Å². The smallest absolute Gasteiger partial charge is 0.212 e. The Balaban J connectivity index is 0.00000242. The third-order valence-electron chi connectivity index (χ3n) is 5.68. The summed E-state index contributed by atoms with van der Waals surface area (Å²) in [4.78, 5) is 14.4. The summed E-state index contributed by atoms with van der Waals surface area (Å²) in [6, 6.07) is 0. The number of Topliss-reactive ketones (excluding diaryl/α,β-unsaturated/α-hetero) is 1. The summed E-state index contributed by atoms with van der Waals surface area (Å²) in [5.41, 5.74) is -0.854. The van der Waals surface area contributed by atoms with Gasteiger partial charge in [-0.1, -0.05) is 13.8 Å². The monoisotopic (exact) mass is 352 g/mol. The second-order valence-electron chi connectivity index (χ2n) is 7.48. The molecule has 0 aromatic heterocycles. The molecule has 130 valence electrons. The molecule has 0 heterocycles. The van der Waals surface area contributed by atoms with E-state index in [1.165, 1.54) is 0 Å². The maximum atomic E-state index is 12.4. The molecule has 0 radical (unpaired) electrons. The fraction of sp³-hybridized carbons (Fsp3) is 0.933. The molecule has 0 unspecified atom stereocenters. The van der Waals surface area contributed by atoms with Gasteiger partial charge in [0.1, 0.15) is 5.78 Å². The highest BCUT2D eigenvalue weighted by atomic mass is 35.5. The van der Waals surface area contributed by atoms with Crippen molar-refractivity contribution in [2.45, 2.75) is 39.5 Å². The minimum atomic E-state index is -3.40. The van der Waals surface area contributed by atoms with Gasteiger partial charge in [0, 0.05) is 18.4 Å². The number of ketones is 1. The molecule has 2 saturated carbocycles. The van der Waals surface area contributed by atoms with Gasteiger partial charge >= 0.3 is 0 Å². The zero-order valence-corrected chi connectivity index (χ0v) is 15.6. The number of sulfonamides is 1. The number of nitrogens with one attached hydrogen (secondary N) is 1. The van der Waals surface area contributed by atoms with Crippen LogP contribution in [0.15, 0.2) is 0 Å². The third kappa shape index (κ3) is 3.50. The maximum absolute atomic E-state index is 12.4. The summed E-state index contributed by atoms with van der Waals surface area (Å²) in [6.07, 6.45) is 3.04. The van der Waals surface area contributed by atoms with E-state index in [4.69, 9.17) is 0 Å². The van der Waals surface area contributed by atoms with Crippen LogP contribution in [-0.4, -0.2) is 52.0 Å². The Hall–Kier alpha value is -0.170. The van der Waals surface area contributed by atoms with E-state index in [0.29, 0.717) is 18.9 Å². The highest BCUT2D eigenvalue weighted by Crippen LogP contribution is 2.64. The molecule has 0 aromatic carbocycles. The Bertz CT molecular complexity index is 519. The van der Waals surface area contributed by atoms with E-state index in [9.17, 15) is 13.2 Å². The second kappa shape index (κ2) is 6.75. The average molecular weight is 353 g/mol. The van der Waals surface area contributed by atoms with E-state index >= 15 is 0 Å². The van der Waals surface area contributed by atoms with Crippen molar-refractivity contribution in [2.24, 2.45) is 16.7 Å². The fourth-order valence-electron chi connectivity index (χ4n) is 4.11. The zero-order chi connectivity index (χ0) is 15.9. The lowest BCUT2D eigenvalue weighted by atomic mass is 9.70. The van der Waals surface area contributed by atoms with E-state index in [-0.39, 0.29) is 29.4 Å². The SMILES string of the molecule is CN(C)CCCNS(=O)(=O)C[C@]12CC[C@@H](CC1=O)C2(C)C.Cl. The van der Waals surface area contributed by atoms with Gasteiger partial charge in [0.15, 0.2) is 0 Å². The lowest BCUT2D eigenvalue weighted by Gasteiger charge is -2.36. The normalized spacial score (nSPS) is 29.9. The number of rotatable bonds is 7. The summed E-state index contributed by atoms with van der Waals surface area (Å²) in [5, 5.41) is 0. The molecule has 2 atom stereocenters. The zero-order valence-electron chi connectivity index (χ0n) is 14.0. The van der Waals surface area contributed by atoms with Crippen molar-refractivity contribution in [3.63, 3.8) is 0 Å². The van der Waals surface area contributed by atoms with Crippen LogP contribution in [0.3, 0.4) is 0 Å². The van der Waals surface area contributed by atoms with E-state index in [2.05, 4.69) is 18.6 Å². The van der Waals surface area contributed by atoms with Gasteiger partial charge in [-0.05, 0) is 51.2 Å². The van der Waals surface area contributed by atoms with E-state index < -0.39 is 15.4 Å². The van der Waals surface area contributed by atoms with Gasteiger partial charge in [0.05, 0.1) is 5.75 Å². The quantitative estimate of drug-likeness (QED) is 0.708. The Labute approximate surface area is 140 Å². The number of fused-ring (bicyclic) bond motifs is 2. The van der Waals surface area contributed by atoms with Gasteiger partial charge in [-0.3, -0.25) is 4.79 Å². The molecular formula is C15H29ClN2O3S. The first-order valence-electron chi connectivity index (χ1n) is 7.76. The number of nitrogens with zero attached hydrogens (tertiary/aromatic N) is 1. The topological polar surface area (TPSA) is 66.5 Å². The van der Waals surface area contributed by atoms with Crippen LogP contribution in [-0.2, 0) is 14.8 Å². The van der Waals surface area contributed by atoms with Crippen molar-refractivity contribution >= 4 is 28.2 Å². The first-order chi connectivity index (χ1) is 9.61. The molecule has 5 nitrogen and oxygen atoms in total. The van der Waals surface area contributed by atoms with Crippen molar-refractivity contribution in [2.75, 3.05) is 32.9 Å². The average Bonchev–Trinajstić information content (AvgIpc) is 2.68. The van der Waals surface area contributed by atoms with Crippen molar-refractivity contribution in [1.82, 2.24) is 9.62 Å². The highest BCUT2D eigenvalue weighted by Gasteiger charge is 2.65. The third-order valence-corrected chi connectivity index (χ3v) is 7.20. The van der Waals surface area contributed by atoms with Crippen molar-refractivity contribution in [3.8, 4) is 0 Å². The summed E-state index contributed by atoms with van der Waals surface area (Å²) in [6.45, 7) is 5.42. The van der Waals surface area contributed by atoms with E-state index in [1.807, 2.05) is 19.0 Å². The lowest BCUT2D eigenvalue weighted by molar-refractivity contribution is -0.128. The highest BCUT2D eigenvalue weighted by molar-refractivity contribution is 7.89. The molecular weight excluding hydrogens is 324 g/mol. The van der Waals surface area contributed by atoms with Crippen LogP contribution in [0.4, 0.5) is 0 Å². The fourth-order valence-corrected chi connectivity index (χ4v) is 5.99. The molecule has 2 bridgehead atoms. The predicted molar refractivity (Wildman–Crippen MR) is 90.8 cm³/mol. The van der Waals surface area contributed by atoms with Gasteiger partial charge in [0.2, 0.25) is 10.0 Å². The van der Waals surface area contributed by atoms with Crippen LogP contribution in [0.5, 0.6) is 0 Å². The number of carbonyl (C=O) groups is 1. The number of halogens is 1. The molecule has 0 amide bonds. The number of carbonyl (C=O) groups excluding carboxylic acids is 1. The standard InChI is InChI=1S/C15H28N2O3S.ClH/c1-14(2)12-6-7-15(14,13(18)10-12)11-21(19,20)16-8-5-9-17(3)4;/h12,16H,5-11H2,1-4H3;1H/t12-,15+;/m0./s1. The van der Waals surface area contributed by atoms with E-state index in [0.717, 1.165) is 25.8 Å². The molecule has 0 saturated heterocycles. The number of hydrogen-bond donors (Lipinski definition) is 1. The van der Waals surface area contributed by atoms with Crippen LogP contribution < -0.4 is 4.72 Å². The molecule has 7 heteroatoms. The van der Waals surface area contributed by atoms with Crippen molar-refractivity contribution in [1.29, 1.82) is 0 Å². The number of hydrogen-bond acceptors (Lipinski definition) is 4. The van der Waals surface area contributed by atoms with Gasteiger partial charge in [-0.2, -0.15) is 0 Å². The Morgan fingerprint density at radius 3 is 2.41 bits per heavy atom. The Kier molecular flexibility index (Phi) is 6.10. The first-order valence-corrected chi connectivity index (χ1v) is 9.41. The molecule has 2 fully saturated rings. The first kappa shape index (κ1) is 19.9. The molecule has 0 aliphatic heterocycles.